The van der Waals surface area contributed by atoms with Gasteiger partial charge in [-0.3, -0.25) is 0 Å². The molecule has 3 nitrogen and oxygen atoms in total. The zero-order valence-electron chi connectivity index (χ0n) is 12.6. The smallest absolute Gasteiger partial charge is 0.0858 e. The Labute approximate surface area is 116 Å². The van der Waals surface area contributed by atoms with Gasteiger partial charge in [-0.05, 0) is 51.1 Å². The van der Waals surface area contributed by atoms with Gasteiger partial charge < -0.3 is 15.0 Å². The second-order valence-corrected chi connectivity index (χ2v) is 5.69. The Morgan fingerprint density at radius 1 is 1.37 bits per heavy atom. The normalized spacial score (nSPS) is 22.4. The van der Waals surface area contributed by atoms with Crippen molar-refractivity contribution in [3.63, 3.8) is 0 Å². The van der Waals surface area contributed by atoms with Crippen LogP contribution in [0.25, 0.3) is 0 Å². The van der Waals surface area contributed by atoms with Gasteiger partial charge in [0.15, 0.2) is 0 Å². The molecule has 1 heterocycles. The number of morpholine rings is 1. The highest BCUT2D eigenvalue weighted by Gasteiger charge is 2.25. The average molecular weight is 262 g/mol. The van der Waals surface area contributed by atoms with Crippen molar-refractivity contribution < 1.29 is 4.74 Å². The first-order valence-electron chi connectivity index (χ1n) is 7.13. The summed E-state index contributed by atoms with van der Waals surface area (Å²) in [7, 11) is 4.20. The Hall–Kier alpha value is -0.900. The maximum Gasteiger partial charge on any atom is 0.0858 e. The van der Waals surface area contributed by atoms with Gasteiger partial charge in [0, 0.05) is 19.1 Å². The summed E-state index contributed by atoms with van der Waals surface area (Å²) in [5.74, 6) is 0. The van der Waals surface area contributed by atoms with Crippen LogP contribution in [0.15, 0.2) is 18.2 Å². The quantitative estimate of drug-likeness (QED) is 0.895. The second-order valence-electron chi connectivity index (χ2n) is 5.69. The third-order valence-electron chi connectivity index (χ3n) is 4.14. The van der Waals surface area contributed by atoms with E-state index in [-0.39, 0.29) is 6.10 Å². The molecule has 106 valence electrons. The van der Waals surface area contributed by atoms with Crippen LogP contribution in [0.4, 0.5) is 0 Å². The molecule has 0 spiro atoms. The number of likely N-dealkylation sites (N-methyl/N-ethyl adjacent to an activating group) is 2. The molecule has 1 aromatic rings. The van der Waals surface area contributed by atoms with E-state index in [0.29, 0.717) is 6.04 Å². The van der Waals surface area contributed by atoms with Crippen molar-refractivity contribution in [2.75, 3.05) is 33.8 Å². The molecule has 0 bridgehead atoms. The highest BCUT2D eigenvalue weighted by molar-refractivity contribution is 5.30. The van der Waals surface area contributed by atoms with Gasteiger partial charge in [0.2, 0.25) is 0 Å². The van der Waals surface area contributed by atoms with Crippen LogP contribution in [-0.2, 0) is 11.2 Å². The maximum absolute atomic E-state index is 5.92. The number of nitrogens with one attached hydrogen (secondary N) is 1. The van der Waals surface area contributed by atoms with Crippen molar-refractivity contribution in [3.05, 3.63) is 34.9 Å². The first-order chi connectivity index (χ1) is 9.10. The van der Waals surface area contributed by atoms with Crippen LogP contribution < -0.4 is 5.32 Å². The average Bonchev–Trinajstić information content (AvgIpc) is 2.40. The lowest BCUT2D eigenvalue weighted by atomic mass is 9.97. The molecule has 1 saturated heterocycles. The topological polar surface area (TPSA) is 24.5 Å². The molecule has 0 amide bonds. The lowest BCUT2D eigenvalue weighted by Crippen LogP contribution is -2.51. The molecule has 2 atom stereocenters. The van der Waals surface area contributed by atoms with Crippen molar-refractivity contribution in [2.45, 2.75) is 32.4 Å². The number of hydrogen-bond donors (Lipinski definition) is 1. The predicted octanol–water partition coefficient (Wildman–Crippen LogP) is 1.76. The fourth-order valence-electron chi connectivity index (χ4n) is 2.66. The summed E-state index contributed by atoms with van der Waals surface area (Å²) in [6.45, 7) is 7.23. The highest BCUT2D eigenvalue weighted by Crippen LogP contribution is 2.15. The highest BCUT2D eigenvalue weighted by atomic mass is 16.5. The van der Waals surface area contributed by atoms with Crippen molar-refractivity contribution in [2.24, 2.45) is 0 Å². The van der Waals surface area contributed by atoms with Crippen molar-refractivity contribution in [1.29, 1.82) is 0 Å². The first kappa shape index (κ1) is 14.5. The summed E-state index contributed by atoms with van der Waals surface area (Å²) < 4.78 is 5.92. The molecule has 0 saturated carbocycles. The van der Waals surface area contributed by atoms with Gasteiger partial charge in [-0.2, -0.15) is 0 Å². The van der Waals surface area contributed by atoms with E-state index in [1.165, 1.54) is 16.7 Å². The van der Waals surface area contributed by atoms with E-state index in [2.05, 4.69) is 49.3 Å². The Morgan fingerprint density at radius 2 is 2.16 bits per heavy atom. The summed E-state index contributed by atoms with van der Waals surface area (Å²) in [5.41, 5.74) is 4.12. The summed E-state index contributed by atoms with van der Waals surface area (Å²) >= 11 is 0. The molecule has 2 rings (SSSR count). The number of hydrogen-bond acceptors (Lipinski definition) is 3. The van der Waals surface area contributed by atoms with Gasteiger partial charge >= 0.3 is 0 Å². The minimum Gasteiger partial charge on any atom is -0.374 e. The Bertz CT molecular complexity index is 419. The Kier molecular flexibility index (Phi) is 4.97. The van der Waals surface area contributed by atoms with Crippen LogP contribution in [-0.4, -0.2) is 50.8 Å². The van der Waals surface area contributed by atoms with Crippen LogP contribution in [0.5, 0.6) is 0 Å². The van der Waals surface area contributed by atoms with Crippen LogP contribution >= 0.6 is 0 Å². The molecule has 1 N–H and O–H groups in total. The fraction of sp³-hybridized carbons (Fsp3) is 0.625. The molecule has 0 aromatic heterocycles. The molecule has 0 radical (unpaired) electrons. The fourth-order valence-corrected chi connectivity index (χ4v) is 2.66. The third-order valence-corrected chi connectivity index (χ3v) is 4.14. The van der Waals surface area contributed by atoms with E-state index >= 15 is 0 Å². The molecule has 1 aromatic carbocycles. The monoisotopic (exact) mass is 262 g/mol. The van der Waals surface area contributed by atoms with Gasteiger partial charge in [0.25, 0.3) is 0 Å². The predicted molar refractivity (Wildman–Crippen MR) is 79.7 cm³/mol. The first-order valence-corrected chi connectivity index (χ1v) is 7.13. The van der Waals surface area contributed by atoms with Gasteiger partial charge in [-0.15, -0.1) is 0 Å². The molecule has 19 heavy (non-hydrogen) atoms. The number of aryl methyl sites for hydroxylation is 2. The lowest BCUT2D eigenvalue weighted by molar-refractivity contribution is -0.0372. The van der Waals surface area contributed by atoms with Gasteiger partial charge in [-0.1, -0.05) is 18.2 Å². The standard InChI is InChI=1S/C16H26N2O/c1-12-5-6-14(9-13(12)2)10-15(17-3)16-11-18(4)7-8-19-16/h5-6,9,15-17H,7-8,10-11H2,1-4H3. The van der Waals surface area contributed by atoms with Crippen LogP contribution in [0.1, 0.15) is 16.7 Å². The molecule has 1 fully saturated rings. The SMILES string of the molecule is CNC(Cc1ccc(C)c(C)c1)C1CN(C)CCO1. The van der Waals surface area contributed by atoms with E-state index in [1.54, 1.807) is 0 Å². The zero-order chi connectivity index (χ0) is 13.8. The van der Waals surface area contributed by atoms with Crippen molar-refractivity contribution in [1.82, 2.24) is 10.2 Å². The van der Waals surface area contributed by atoms with Crippen molar-refractivity contribution in [3.8, 4) is 0 Å². The Morgan fingerprint density at radius 3 is 2.79 bits per heavy atom. The number of benzene rings is 1. The number of rotatable bonds is 4. The lowest BCUT2D eigenvalue weighted by Gasteiger charge is -2.35. The van der Waals surface area contributed by atoms with E-state index < -0.39 is 0 Å². The van der Waals surface area contributed by atoms with Gasteiger partial charge in [-0.25, -0.2) is 0 Å². The number of nitrogens with zero attached hydrogens (tertiary/aromatic N) is 1. The molecule has 3 heteroatoms. The number of ether oxygens (including phenoxy) is 1. The Balaban J connectivity index is 2.03. The summed E-state index contributed by atoms with van der Waals surface area (Å²) in [5, 5.41) is 3.42. The van der Waals surface area contributed by atoms with Crippen LogP contribution in [0, 0.1) is 13.8 Å². The van der Waals surface area contributed by atoms with Gasteiger partial charge in [0.05, 0.1) is 12.7 Å². The van der Waals surface area contributed by atoms with Gasteiger partial charge in [0.1, 0.15) is 0 Å². The summed E-state index contributed by atoms with van der Waals surface area (Å²) in [6, 6.07) is 7.13. The molecule has 1 aliphatic rings. The van der Waals surface area contributed by atoms with Crippen molar-refractivity contribution >= 4 is 0 Å². The molecular weight excluding hydrogens is 236 g/mol. The summed E-state index contributed by atoms with van der Waals surface area (Å²) in [6.07, 6.45) is 1.31. The largest absolute Gasteiger partial charge is 0.374 e. The van der Waals surface area contributed by atoms with Crippen LogP contribution in [0.3, 0.4) is 0 Å². The third kappa shape index (κ3) is 3.78. The molecule has 0 aliphatic carbocycles. The zero-order valence-corrected chi connectivity index (χ0v) is 12.6. The van der Waals surface area contributed by atoms with E-state index in [4.69, 9.17) is 4.74 Å². The van der Waals surface area contributed by atoms with Crippen LogP contribution in [0.2, 0.25) is 0 Å². The molecule has 1 aliphatic heterocycles. The van der Waals surface area contributed by atoms with E-state index in [0.717, 1.165) is 26.1 Å². The summed E-state index contributed by atoms with van der Waals surface area (Å²) in [4.78, 5) is 2.35. The minimum atomic E-state index is 0.283. The van der Waals surface area contributed by atoms with E-state index in [1.807, 2.05) is 7.05 Å². The van der Waals surface area contributed by atoms with E-state index in [9.17, 15) is 0 Å². The minimum absolute atomic E-state index is 0.283. The molecular formula is C16H26N2O. The maximum atomic E-state index is 5.92. The molecule has 2 unspecified atom stereocenters. The second kappa shape index (κ2) is 6.51.